The topological polar surface area (TPSA) is 34.3 Å². The maximum absolute atomic E-state index is 6.40. The van der Waals surface area contributed by atoms with Gasteiger partial charge in [0.05, 0.1) is 13.2 Å². The molecule has 0 bridgehead atoms. The van der Waals surface area contributed by atoms with Gasteiger partial charge >= 0.3 is 0 Å². The van der Waals surface area contributed by atoms with Crippen LogP contribution in [0, 0.1) is 11.8 Å². The van der Waals surface area contributed by atoms with Gasteiger partial charge in [0.1, 0.15) is 23.7 Å². The predicted molar refractivity (Wildman–Crippen MR) is 103 cm³/mol. The lowest BCUT2D eigenvalue weighted by atomic mass is 9.97. The summed E-state index contributed by atoms with van der Waals surface area (Å²) in [5.74, 6) is 3.22. The summed E-state index contributed by atoms with van der Waals surface area (Å²) >= 11 is 0. The van der Waals surface area contributed by atoms with Crippen molar-refractivity contribution in [1.29, 1.82) is 0 Å². The van der Waals surface area contributed by atoms with Gasteiger partial charge in [-0.1, -0.05) is 53.4 Å². The molecule has 0 aliphatic carbocycles. The van der Waals surface area contributed by atoms with Crippen LogP contribution in [0.5, 0.6) is 0 Å². The predicted octanol–water partition coefficient (Wildman–Crippen LogP) is 6.00. The third kappa shape index (κ3) is 7.53. The molecule has 0 N–H and O–H groups in total. The van der Waals surface area contributed by atoms with E-state index in [-0.39, 0.29) is 12.2 Å². The second kappa shape index (κ2) is 11.0. The summed E-state index contributed by atoms with van der Waals surface area (Å²) in [6.45, 7) is 10.6. The van der Waals surface area contributed by atoms with E-state index >= 15 is 0 Å². The van der Waals surface area contributed by atoms with Gasteiger partial charge in [-0.25, -0.2) is 0 Å². The number of rotatable bonds is 14. The number of hydrogen-bond donors (Lipinski definition) is 0. The van der Waals surface area contributed by atoms with E-state index in [0.717, 1.165) is 37.6 Å². The molecule has 0 spiro atoms. The Morgan fingerprint density at radius 1 is 0.840 bits per heavy atom. The minimum absolute atomic E-state index is 0.161. The van der Waals surface area contributed by atoms with Gasteiger partial charge in [0.25, 0.3) is 0 Å². The second-order valence-electron chi connectivity index (χ2n) is 7.51. The van der Waals surface area contributed by atoms with Gasteiger partial charge in [-0.05, 0) is 49.7 Å². The van der Waals surface area contributed by atoms with Crippen LogP contribution in [0.2, 0.25) is 0 Å². The average molecular weight is 351 g/mol. The second-order valence-corrected chi connectivity index (χ2v) is 7.51. The first-order chi connectivity index (χ1) is 12.2. The fourth-order valence-electron chi connectivity index (χ4n) is 3.18. The zero-order valence-electron chi connectivity index (χ0n) is 16.8. The first kappa shape index (κ1) is 20.5. The highest BCUT2D eigenvalue weighted by atomic mass is 16.6. The van der Waals surface area contributed by atoms with Crippen molar-refractivity contribution >= 4 is 0 Å². The van der Waals surface area contributed by atoms with Crippen LogP contribution < -0.4 is 0 Å². The monoisotopic (exact) mass is 350 g/mol. The minimum atomic E-state index is 0.161. The number of allylic oxidation sites excluding steroid dienone is 2. The molecule has 4 unspecified atom stereocenters. The van der Waals surface area contributed by atoms with E-state index in [0.29, 0.717) is 11.8 Å². The van der Waals surface area contributed by atoms with E-state index in [1.165, 1.54) is 38.5 Å². The van der Waals surface area contributed by atoms with Crippen LogP contribution >= 0.6 is 0 Å². The molecule has 2 aliphatic heterocycles. The van der Waals surface area contributed by atoms with Gasteiger partial charge in [-0.15, -0.1) is 0 Å². The Hall–Kier alpha value is -0.800. The van der Waals surface area contributed by atoms with Crippen molar-refractivity contribution in [3.8, 4) is 0 Å². The molecule has 0 aromatic carbocycles. The molecular formula is C22H38O3. The molecule has 0 aromatic rings. The molecule has 2 rings (SSSR count). The van der Waals surface area contributed by atoms with E-state index < -0.39 is 0 Å². The normalized spacial score (nSPS) is 25.6. The van der Waals surface area contributed by atoms with E-state index in [1.54, 1.807) is 0 Å². The molecule has 0 amide bonds. The van der Waals surface area contributed by atoms with Crippen molar-refractivity contribution < 1.29 is 14.2 Å². The highest BCUT2D eigenvalue weighted by molar-refractivity contribution is 5.16. The summed E-state index contributed by atoms with van der Waals surface area (Å²) in [6.07, 6.45) is 14.8. The fourth-order valence-corrected chi connectivity index (χ4v) is 3.18. The molecule has 2 aliphatic rings. The molecule has 2 saturated heterocycles. The molecule has 4 atom stereocenters. The molecule has 144 valence electrons. The van der Waals surface area contributed by atoms with Gasteiger partial charge in [0, 0.05) is 0 Å². The Balaban J connectivity index is 2.05. The number of hydrogen-bond acceptors (Lipinski definition) is 3. The van der Waals surface area contributed by atoms with E-state index in [2.05, 4.69) is 39.8 Å². The standard InChI is InChI=1S/C22H38O3/c1-5-9-11-17(7-3)13-19(21-15-23-21)25-20(22-16-24-22)14-18(8-4)12-10-6-2/h13-14,17-18,21-22H,5-12,15-16H2,1-4H3. The maximum atomic E-state index is 6.40. The van der Waals surface area contributed by atoms with Crippen molar-refractivity contribution in [2.75, 3.05) is 13.2 Å². The summed E-state index contributed by atoms with van der Waals surface area (Å²) in [5, 5.41) is 0. The van der Waals surface area contributed by atoms with Crippen LogP contribution in [-0.4, -0.2) is 25.4 Å². The van der Waals surface area contributed by atoms with Gasteiger partial charge in [-0.2, -0.15) is 0 Å². The maximum Gasteiger partial charge on any atom is 0.138 e. The van der Waals surface area contributed by atoms with Gasteiger partial charge < -0.3 is 14.2 Å². The Kier molecular flexibility index (Phi) is 9.05. The first-order valence-electron chi connectivity index (χ1n) is 10.6. The van der Waals surface area contributed by atoms with Crippen LogP contribution in [0.4, 0.5) is 0 Å². The fraction of sp³-hybridized carbons (Fsp3) is 0.818. The zero-order chi connectivity index (χ0) is 18.1. The Morgan fingerprint density at radius 3 is 1.52 bits per heavy atom. The summed E-state index contributed by atoms with van der Waals surface area (Å²) in [4.78, 5) is 0. The number of ether oxygens (including phenoxy) is 3. The highest BCUT2D eigenvalue weighted by Crippen LogP contribution is 2.32. The summed E-state index contributed by atoms with van der Waals surface area (Å²) in [5.41, 5.74) is 0. The van der Waals surface area contributed by atoms with E-state index in [9.17, 15) is 0 Å². The van der Waals surface area contributed by atoms with E-state index in [4.69, 9.17) is 14.2 Å². The van der Waals surface area contributed by atoms with Crippen LogP contribution in [0.3, 0.4) is 0 Å². The molecule has 2 fully saturated rings. The van der Waals surface area contributed by atoms with Crippen LogP contribution in [0.25, 0.3) is 0 Å². The third-order valence-electron chi connectivity index (χ3n) is 5.24. The molecule has 3 nitrogen and oxygen atoms in total. The number of epoxide rings is 2. The van der Waals surface area contributed by atoms with Gasteiger partial charge in [0.15, 0.2) is 0 Å². The van der Waals surface area contributed by atoms with E-state index in [1.807, 2.05) is 0 Å². The molecule has 0 radical (unpaired) electrons. The quantitative estimate of drug-likeness (QED) is 0.284. The molecule has 25 heavy (non-hydrogen) atoms. The van der Waals surface area contributed by atoms with Crippen molar-refractivity contribution in [2.45, 2.75) is 91.3 Å². The summed E-state index contributed by atoms with van der Waals surface area (Å²) in [7, 11) is 0. The number of unbranched alkanes of at least 4 members (excludes halogenated alkanes) is 2. The van der Waals surface area contributed by atoms with Crippen LogP contribution in [-0.2, 0) is 14.2 Å². The third-order valence-corrected chi connectivity index (χ3v) is 5.24. The summed E-state index contributed by atoms with van der Waals surface area (Å²) in [6, 6.07) is 0. The molecular weight excluding hydrogens is 312 g/mol. The lowest BCUT2D eigenvalue weighted by Crippen LogP contribution is -2.09. The minimum Gasteiger partial charge on any atom is -0.461 e. The Morgan fingerprint density at radius 2 is 1.24 bits per heavy atom. The van der Waals surface area contributed by atoms with Crippen LogP contribution in [0.1, 0.15) is 79.1 Å². The summed E-state index contributed by atoms with van der Waals surface area (Å²) < 4.78 is 17.5. The Bertz CT molecular complexity index is 393. The molecule has 0 aromatic heterocycles. The van der Waals surface area contributed by atoms with Crippen molar-refractivity contribution in [3.63, 3.8) is 0 Å². The van der Waals surface area contributed by atoms with Gasteiger partial charge in [0.2, 0.25) is 0 Å². The average Bonchev–Trinajstić information content (AvgIpc) is 3.50. The molecule has 2 heterocycles. The SMILES string of the molecule is CCCCC(C=C(OC(=CC(CC)CCCC)C1CO1)C1CO1)CC. The van der Waals surface area contributed by atoms with Gasteiger partial charge in [-0.3, -0.25) is 0 Å². The highest BCUT2D eigenvalue weighted by Gasteiger charge is 2.35. The molecule has 3 heteroatoms. The smallest absolute Gasteiger partial charge is 0.138 e. The van der Waals surface area contributed by atoms with Crippen molar-refractivity contribution in [2.24, 2.45) is 11.8 Å². The van der Waals surface area contributed by atoms with Crippen molar-refractivity contribution in [1.82, 2.24) is 0 Å². The lowest BCUT2D eigenvalue weighted by Gasteiger charge is -2.17. The Labute approximate surface area is 154 Å². The first-order valence-corrected chi connectivity index (χ1v) is 10.6. The van der Waals surface area contributed by atoms with Crippen LogP contribution in [0.15, 0.2) is 23.7 Å². The zero-order valence-corrected chi connectivity index (χ0v) is 16.8. The lowest BCUT2D eigenvalue weighted by molar-refractivity contribution is 0.225. The molecule has 0 saturated carbocycles. The largest absolute Gasteiger partial charge is 0.461 e. The van der Waals surface area contributed by atoms with Crippen molar-refractivity contribution in [3.05, 3.63) is 23.7 Å².